The van der Waals surface area contributed by atoms with Crippen LogP contribution in [0.15, 0.2) is 0 Å². The van der Waals surface area contributed by atoms with Crippen molar-refractivity contribution in [2.45, 2.75) is 25.7 Å². The summed E-state index contributed by atoms with van der Waals surface area (Å²) in [5.41, 5.74) is -0.880. The molecule has 2 N–H and O–H groups in total. The molecule has 1 heterocycles. The van der Waals surface area contributed by atoms with Crippen LogP contribution in [0.3, 0.4) is 0 Å². The summed E-state index contributed by atoms with van der Waals surface area (Å²) in [7, 11) is 2.98. The van der Waals surface area contributed by atoms with Crippen molar-refractivity contribution < 1.29 is 14.3 Å². The van der Waals surface area contributed by atoms with Crippen molar-refractivity contribution in [3.05, 3.63) is 0 Å². The van der Waals surface area contributed by atoms with Gasteiger partial charge in [0.25, 0.3) is 0 Å². The Hall–Kier alpha value is -1.14. The first-order chi connectivity index (χ1) is 7.02. The number of amidine groups is 1. The zero-order valence-corrected chi connectivity index (χ0v) is 9.46. The second-order valence-corrected chi connectivity index (χ2v) is 3.50. The van der Waals surface area contributed by atoms with E-state index < -0.39 is 11.8 Å². The minimum Gasteiger partial charge on any atom is -0.353 e. The predicted molar refractivity (Wildman–Crippen MR) is 54.8 cm³/mol. The molecule has 0 bridgehead atoms. The van der Waals surface area contributed by atoms with Crippen LogP contribution in [0.25, 0.3) is 0 Å². The molecule has 1 aliphatic heterocycles. The van der Waals surface area contributed by atoms with Crippen LogP contribution in [0, 0.1) is 5.41 Å². The number of likely N-dealkylation sites (N-methyl/N-ethyl adjacent to an activating group) is 1. The second-order valence-electron chi connectivity index (χ2n) is 3.50. The zero-order chi connectivity index (χ0) is 11.6. The monoisotopic (exact) mass is 215 g/mol. The first kappa shape index (κ1) is 11.9. The molecule has 86 valence electrons. The summed E-state index contributed by atoms with van der Waals surface area (Å²) in [6.45, 7) is 4.08. The van der Waals surface area contributed by atoms with Gasteiger partial charge in [-0.15, -0.1) is 0 Å². The van der Waals surface area contributed by atoms with Crippen molar-refractivity contribution in [1.82, 2.24) is 10.2 Å². The van der Waals surface area contributed by atoms with Crippen LogP contribution in [0.1, 0.15) is 13.8 Å². The Labute approximate surface area is 89.0 Å². The lowest BCUT2D eigenvalue weighted by atomic mass is 9.99. The van der Waals surface area contributed by atoms with Crippen molar-refractivity contribution in [2.75, 3.05) is 20.8 Å². The van der Waals surface area contributed by atoms with E-state index in [1.165, 1.54) is 19.1 Å². The smallest absolute Gasteiger partial charge is 0.323 e. The molecule has 0 spiro atoms. The van der Waals surface area contributed by atoms with E-state index in [0.29, 0.717) is 6.54 Å². The Morgan fingerprint density at radius 3 is 2.47 bits per heavy atom. The average molecular weight is 215 g/mol. The summed E-state index contributed by atoms with van der Waals surface area (Å²) >= 11 is 0. The average Bonchev–Trinajstić information content (AvgIpc) is 2.40. The molecule has 2 amide bonds. The SMILES string of the molecule is CCN1C(=O)NC(=N)C1(C)C(OC)OC. The molecular formula is C9H17N3O3. The largest absolute Gasteiger partial charge is 0.353 e. The first-order valence-electron chi connectivity index (χ1n) is 4.75. The van der Waals surface area contributed by atoms with Gasteiger partial charge in [-0.1, -0.05) is 0 Å². The van der Waals surface area contributed by atoms with Crippen molar-refractivity contribution in [2.24, 2.45) is 0 Å². The summed E-state index contributed by atoms with van der Waals surface area (Å²) in [4.78, 5) is 13.1. The first-order valence-corrected chi connectivity index (χ1v) is 4.75. The molecule has 6 nitrogen and oxygen atoms in total. The molecular weight excluding hydrogens is 198 g/mol. The molecule has 1 saturated heterocycles. The minimum atomic E-state index is -0.880. The second kappa shape index (κ2) is 4.16. The molecule has 15 heavy (non-hydrogen) atoms. The standard InChI is InChI=1S/C9H17N3O3/c1-5-12-8(13)11-6(10)9(12,2)7(14-3)15-4/h7H,5H2,1-4H3,(H2,10,11,13). The number of nitrogens with zero attached hydrogens (tertiary/aromatic N) is 1. The summed E-state index contributed by atoms with van der Waals surface area (Å²) in [5.74, 6) is 0.100. The fraction of sp³-hybridized carbons (Fsp3) is 0.778. The predicted octanol–water partition coefficient (Wildman–Crippen LogP) is 0.386. The Bertz CT molecular complexity index is 278. The van der Waals surface area contributed by atoms with Gasteiger partial charge in [0, 0.05) is 20.8 Å². The molecule has 1 fully saturated rings. The quantitative estimate of drug-likeness (QED) is 0.666. The molecule has 0 aromatic rings. The van der Waals surface area contributed by atoms with Crippen LogP contribution >= 0.6 is 0 Å². The molecule has 0 saturated carbocycles. The van der Waals surface area contributed by atoms with E-state index in [-0.39, 0.29) is 11.9 Å². The van der Waals surface area contributed by atoms with Crippen molar-refractivity contribution in [3.8, 4) is 0 Å². The fourth-order valence-corrected chi connectivity index (χ4v) is 1.92. The third-order valence-electron chi connectivity index (χ3n) is 2.75. The van der Waals surface area contributed by atoms with E-state index in [2.05, 4.69) is 5.32 Å². The van der Waals surface area contributed by atoms with Gasteiger partial charge in [-0.25, -0.2) is 4.79 Å². The fourth-order valence-electron chi connectivity index (χ4n) is 1.92. The van der Waals surface area contributed by atoms with Crippen LogP contribution < -0.4 is 5.32 Å². The minimum absolute atomic E-state index is 0.100. The van der Waals surface area contributed by atoms with Crippen LogP contribution in [0.5, 0.6) is 0 Å². The highest BCUT2D eigenvalue weighted by atomic mass is 16.7. The number of amides is 2. The van der Waals surface area contributed by atoms with Crippen LogP contribution in [0.4, 0.5) is 4.79 Å². The van der Waals surface area contributed by atoms with E-state index in [1.807, 2.05) is 6.92 Å². The van der Waals surface area contributed by atoms with E-state index >= 15 is 0 Å². The van der Waals surface area contributed by atoms with Crippen LogP contribution in [-0.2, 0) is 9.47 Å². The van der Waals surface area contributed by atoms with Gasteiger partial charge in [0.1, 0.15) is 11.4 Å². The highest BCUT2D eigenvalue weighted by molar-refractivity contribution is 6.08. The lowest BCUT2D eigenvalue weighted by molar-refractivity contribution is -0.150. The molecule has 0 radical (unpaired) electrons. The third-order valence-corrected chi connectivity index (χ3v) is 2.75. The normalized spacial score (nSPS) is 26.3. The Kier molecular flexibility index (Phi) is 3.31. The van der Waals surface area contributed by atoms with Gasteiger partial charge < -0.3 is 14.4 Å². The topological polar surface area (TPSA) is 74.7 Å². The van der Waals surface area contributed by atoms with E-state index in [9.17, 15) is 4.79 Å². The molecule has 1 unspecified atom stereocenters. The maximum Gasteiger partial charge on any atom is 0.323 e. The van der Waals surface area contributed by atoms with Crippen molar-refractivity contribution in [1.29, 1.82) is 5.41 Å². The summed E-state index contributed by atoms with van der Waals surface area (Å²) in [5, 5.41) is 10.2. The molecule has 1 atom stereocenters. The van der Waals surface area contributed by atoms with Crippen molar-refractivity contribution >= 4 is 11.9 Å². The third kappa shape index (κ3) is 1.59. The maximum absolute atomic E-state index is 11.5. The number of urea groups is 1. The number of ether oxygens (including phenoxy) is 2. The molecule has 6 heteroatoms. The molecule has 0 aromatic heterocycles. The summed E-state index contributed by atoms with van der Waals surface area (Å²) < 4.78 is 10.3. The van der Waals surface area contributed by atoms with E-state index in [0.717, 1.165) is 0 Å². The number of hydrogen-bond acceptors (Lipinski definition) is 4. The number of carbonyl (C=O) groups is 1. The summed E-state index contributed by atoms with van der Waals surface area (Å²) in [6.07, 6.45) is -0.649. The van der Waals surface area contributed by atoms with E-state index in [1.54, 1.807) is 6.92 Å². The van der Waals surface area contributed by atoms with Gasteiger partial charge in [-0.3, -0.25) is 10.7 Å². The highest BCUT2D eigenvalue weighted by Crippen LogP contribution is 2.27. The van der Waals surface area contributed by atoms with Gasteiger partial charge >= 0.3 is 6.03 Å². The van der Waals surface area contributed by atoms with Crippen molar-refractivity contribution in [3.63, 3.8) is 0 Å². The van der Waals surface area contributed by atoms with Gasteiger partial charge in [0.2, 0.25) is 0 Å². The molecule has 0 aromatic carbocycles. The number of carbonyl (C=O) groups excluding carboxylic acids is 1. The number of rotatable bonds is 4. The number of hydrogen-bond donors (Lipinski definition) is 2. The van der Waals surface area contributed by atoms with Gasteiger partial charge in [-0.2, -0.15) is 0 Å². The van der Waals surface area contributed by atoms with E-state index in [4.69, 9.17) is 14.9 Å². The van der Waals surface area contributed by atoms with Crippen LogP contribution in [0.2, 0.25) is 0 Å². The number of nitrogens with one attached hydrogen (secondary N) is 2. The Morgan fingerprint density at radius 2 is 2.07 bits per heavy atom. The lowest BCUT2D eigenvalue weighted by Gasteiger charge is -2.37. The molecule has 1 aliphatic rings. The van der Waals surface area contributed by atoms with Crippen LogP contribution in [-0.4, -0.2) is 49.4 Å². The summed E-state index contributed by atoms with van der Waals surface area (Å²) in [6, 6.07) is -0.288. The Morgan fingerprint density at radius 1 is 1.53 bits per heavy atom. The zero-order valence-electron chi connectivity index (χ0n) is 9.46. The Balaban J connectivity index is 3.06. The molecule has 0 aliphatic carbocycles. The maximum atomic E-state index is 11.5. The van der Waals surface area contributed by atoms with Gasteiger partial charge in [0.15, 0.2) is 6.29 Å². The molecule has 1 rings (SSSR count). The number of methoxy groups -OCH3 is 2. The van der Waals surface area contributed by atoms with Gasteiger partial charge in [0.05, 0.1) is 0 Å². The lowest BCUT2D eigenvalue weighted by Crippen LogP contribution is -2.56. The highest BCUT2D eigenvalue weighted by Gasteiger charge is 2.52. The van der Waals surface area contributed by atoms with Gasteiger partial charge in [-0.05, 0) is 13.8 Å².